The van der Waals surface area contributed by atoms with Gasteiger partial charge in [-0.05, 0) is 36.4 Å². The molecule has 0 aliphatic carbocycles. The lowest BCUT2D eigenvalue weighted by Crippen LogP contribution is -2.40. The summed E-state index contributed by atoms with van der Waals surface area (Å²) in [6.45, 7) is 2.44. The molecule has 3 aromatic rings. The van der Waals surface area contributed by atoms with Gasteiger partial charge in [0, 0.05) is 29.8 Å². The molecule has 2 heterocycles. The first-order valence-electron chi connectivity index (χ1n) is 8.18. The van der Waals surface area contributed by atoms with Crippen molar-refractivity contribution in [3.05, 3.63) is 60.2 Å². The SMILES string of the molecule is O=C(c1ccc(-c2nnc(-c3ccccc3)o2)cc1)N1CCOCC1. The van der Waals surface area contributed by atoms with Crippen molar-refractivity contribution in [3.8, 4) is 22.9 Å². The smallest absolute Gasteiger partial charge is 0.254 e. The Kier molecular flexibility index (Phi) is 4.26. The molecule has 0 atom stereocenters. The van der Waals surface area contributed by atoms with Crippen LogP contribution in [0.1, 0.15) is 10.4 Å². The molecule has 126 valence electrons. The van der Waals surface area contributed by atoms with Crippen molar-refractivity contribution < 1.29 is 13.9 Å². The molecule has 1 aromatic heterocycles. The van der Waals surface area contributed by atoms with Gasteiger partial charge < -0.3 is 14.1 Å². The Balaban J connectivity index is 1.52. The van der Waals surface area contributed by atoms with Gasteiger partial charge in [-0.2, -0.15) is 0 Å². The molecule has 1 amide bonds. The van der Waals surface area contributed by atoms with E-state index in [2.05, 4.69) is 10.2 Å². The van der Waals surface area contributed by atoms with Crippen LogP contribution in [0.2, 0.25) is 0 Å². The number of carbonyl (C=O) groups is 1. The Bertz CT molecular complexity index is 853. The summed E-state index contributed by atoms with van der Waals surface area (Å²) >= 11 is 0. The highest BCUT2D eigenvalue weighted by Gasteiger charge is 2.19. The fourth-order valence-electron chi connectivity index (χ4n) is 2.74. The molecule has 1 aliphatic rings. The summed E-state index contributed by atoms with van der Waals surface area (Å²) in [5.41, 5.74) is 2.31. The van der Waals surface area contributed by atoms with E-state index < -0.39 is 0 Å². The molecule has 0 spiro atoms. The highest BCUT2D eigenvalue weighted by molar-refractivity contribution is 5.94. The number of hydrogen-bond acceptors (Lipinski definition) is 5. The zero-order valence-corrected chi connectivity index (χ0v) is 13.6. The van der Waals surface area contributed by atoms with Crippen molar-refractivity contribution in [2.45, 2.75) is 0 Å². The predicted molar refractivity (Wildman–Crippen MR) is 91.9 cm³/mol. The molecule has 0 unspecified atom stereocenters. The molecule has 0 saturated carbocycles. The van der Waals surface area contributed by atoms with E-state index >= 15 is 0 Å². The van der Waals surface area contributed by atoms with Crippen LogP contribution in [0.25, 0.3) is 22.9 Å². The van der Waals surface area contributed by atoms with Gasteiger partial charge >= 0.3 is 0 Å². The lowest BCUT2D eigenvalue weighted by atomic mass is 10.1. The summed E-state index contributed by atoms with van der Waals surface area (Å²) in [4.78, 5) is 14.3. The number of carbonyl (C=O) groups excluding carboxylic acids is 1. The summed E-state index contributed by atoms with van der Waals surface area (Å²) in [5.74, 6) is 0.929. The third-order valence-corrected chi connectivity index (χ3v) is 4.12. The van der Waals surface area contributed by atoms with Crippen molar-refractivity contribution in [1.29, 1.82) is 0 Å². The normalized spacial score (nSPS) is 14.5. The Morgan fingerprint density at radius 3 is 2.08 bits per heavy atom. The number of amides is 1. The van der Waals surface area contributed by atoms with Gasteiger partial charge in [-0.1, -0.05) is 18.2 Å². The molecule has 0 N–H and O–H groups in total. The minimum absolute atomic E-state index is 0.0188. The van der Waals surface area contributed by atoms with Crippen LogP contribution in [-0.2, 0) is 4.74 Å². The highest BCUT2D eigenvalue weighted by atomic mass is 16.5. The molecule has 6 nitrogen and oxygen atoms in total. The van der Waals surface area contributed by atoms with E-state index in [9.17, 15) is 4.79 Å². The highest BCUT2D eigenvalue weighted by Crippen LogP contribution is 2.24. The van der Waals surface area contributed by atoms with E-state index in [4.69, 9.17) is 9.15 Å². The molecular weight excluding hydrogens is 318 g/mol. The second kappa shape index (κ2) is 6.86. The van der Waals surface area contributed by atoms with Gasteiger partial charge in [-0.3, -0.25) is 4.79 Å². The molecule has 1 fully saturated rings. The molecule has 25 heavy (non-hydrogen) atoms. The lowest BCUT2D eigenvalue weighted by molar-refractivity contribution is 0.0303. The molecular formula is C19H17N3O3. The Morgan fingerprint density at radius 2 is 1.44 bits per heavy atom. The van der Waals surface area contributed by atoms with Crippen LogP contribution in [0.5, 0.6) is 0 Å². The number of aromatic nitrogens is 2. The maximum atomic E-state index is 12.5. The van der Waals surface area contributed by atoms with E-state index in [0.29, 0.717) is 43.6 Å². The van der Waals surface area contributed by atoms with Gasteiger partial charge in [0.1, 0.15) is 0 Å². The van der Waals surface area contributed by atoms with E-state index in [-0.39, 0.29) is 5.91 Å². The molecule has 6 heteroatoms. The number of hydrogen-bond donors (Lipinski definition) is 0. The van der Waals surface area contributed by atoms with E-state index in [0.717, 1.165) is 11.1 Å². The predicted octanol–water partition coefficient (Wildman–Crippen LogP) is 2.88. The fourth-order valence-corrected chi connectivity index (χ4v) is 2.74. The second-order valence-corrected chi connectivity index (χ2v) is 5.76. The van der Waals surface area contributed by atoms with Gasteiger partial charge in [0.05, 0.1) is 13.2 Å². The van der Waals surface area contributed by atoms with E-state index in [1.54, 1.807) is 17.0 Å². The third-order valence-electron chi connectivity index (χ3n) is 4.12. The number of nitrogens with zero attached hydrogens (tertiary/aromatic N) is 3. The zero-order chi connectivity index (χ0) is 17.1. The van der Waals surface area contributed by atoms with Crippen molar-refractivity contribution in [3.63, 3.8) is 0 Å². The van der Waals surface area contributed by atoms with Gasteiger partial charge in [0.15, 0.2) is 0 Å². The number of ether oxygens (including phenoxy) is 1. The molecule has 4 rings (SSSR count). The Hall–Kier alpha value is -2.99. The average molecular weight is 335 g/mol. The van der Waals surface area contributed by atoms with Crippen LogP contribution in [-0.4, -0.2) is 47.3 Å². The number of rotatable bonds is 3. The maximum Gasteiger partial charge on any atom is 0.254 e. The van der Waals surface area contributed by atoms with Gasteiger partial charge in [0.2, 0.25) is 11.8 Å². The third kappa shape index (κ3) is 3.29. The minimum Gasteiger partial charge on any atom is -0.416 e. The van der Waals surface area contributed by atoms with Crippen molar-refractivity contribution in [2.24, 2.45) is 0 Å². The van der Waals surface area contributed by atoms with E-state index in [1.165, 1.54) is 0 Å². The molecule has 1 aliphatic heterocycles. The van der Waals surface area contributed by atoms with Crippen LogP contribution in [0.3, 0.4) is 0 Å². The van der Waals surface area contributed by atoms with Gasteiger partial charge in [-0.25, -0.2) is 0 Å². The molecule has 1 saturated heterocycles. The fraction of sp³-hybridized carbons (Fsp3) is 0.211. The maximum absolute atomic E-state index is 12.5. The summed E-state index contributed by atoms with van der Waals surface area (Å²) < 4.78 is 11.0. The van der Waals surface area contributed by atoms with Gasteiger partial charge in [0.25, 0.3) is 5.91 Å². The standard InChI is InChI=1S/C19H17N3O3/c23-19(22-10-12-24-13-11-22)16-8-6-15(7-9-16)18-21-20-17(25-18)14-4-2-1-3-5-14/h1-9H,10-13H2. The molecule has 0 bridgehead atoms. The molecule has 0 radical (unpaired) electrons. The zero-order valence-electron chi connectivity index (χ0n) is 13.6. The summed E-state index contributed by atoms with van der Waals surface area (Å²) in [5, 5.41) is 8.19. The summed E-state index contributed by atoms with van der Waals surface area (Å²) in [6.07, 6.45) is 0. The topological polar surface area (TPSA) is 68.5 Å². The average Bonchev–Trinajstić information content (AvgIpc) is 3.19. The Labute approximate surface area is 145 Å². The monoisotopic (exact) mass is 335 g/mol. The lowest BCUT2D eigenvalue weighted by Gasteiger charge is -2.26. The first kappa shape index (κ1) is 15.5. The van der Waals surface area contributed by atoms with Crippen LogP contribution >= 0.6 is 0 Å². The van der Waals surface area contributed by atoms with Crippen LogP contribution in [0.15, 0.2) is 59.0 Å². The van der Waals surface area contributed by atoms with Crippen LogP contribution in [0, 0.1) is 0 Å². The van der Waals surface area contributed by atoms with Crippen LogP contribution < -0.4 is 0 Å². The summed E-state index contributed by atoms with van der Waals surface area (Å²) in [7, 11) is 0. The Morgan fingerprint density at radius 1 is 0.840 bits per heavy atom. The quantitative estimate of drug-likeness (QED) is 0.736. The first-order valence-corrected chi connectivity index (χ1v) is 8.18. The van der Waals surface area contributed by atoms with Crippen molar-refractivity contribution in [1.82, 2.24) is 15.1 Å². The largest absolute Gasteiger partial charge is 0.416 e. The second-order valence-electron chi connectivity index (χ2n) is 5.76. The number of morpholine rings is 1. The van der Waals surface area contributed by atoms with Crippen molar-refractivity contribution >= 4 is 5.91 Å². The molecule has 2 aromatic carbocycles. The number of benzene rings is 2. The van der Waals surface area contributed by atoms with Gasteiger partial charge in [-0.15, -0.1) is 10.2 Å². The summed E-state index contributed by atoms with van der Waals surface area (Å²) in [6, 6.07) is 16.9. The first-order chi connectivity index (χ1) is 12.3. The van der Waals surface area contributed by atoms with Crippen LogP contribution in [0.4, 0.5) is 0 Å². The minimum atomic E-state index is 0.0188. The van der Waals surface area contributed by atoms with Crippen molar-refractivity contribution in [2.75, 3.05) is 26.3 Å². The van der Waals surface area contributed by atoms with E-state index in [1.807, 2.05) is 42.5 Å².